The van der Waals surface area contributed by atoms with Crippen molar-refractivity contribution in [3.63, 3.8) is 0 Å². The minimum absolute atomic E-state index is 0.379. The van der Waals surface area contributed by atoms with Crippen LogP contribution in [0.15, 0.2) is 0 Å². The Kier molecular flexibility index (Phi) is 4.45. The Hall–Kier alpha value is -0.120. The lowest BCUT2D eigenvalue weighted by molar-refractivity contribution is 0.111. The molecule has 2 saturated carbocycles. The molecule has 0 bridgehead atoms. The maximum atomic E-state index is 9.30. The first kappa shape index (κ1) is 13.8. The van der Waals surface area contributed by atoms with Crippen molar-refractivity contribution in [3.8, 4) is 0 Å². The second kappa shape index (κ2) is 6.11. The highest BCUT2D eigenvalue weighted by Gasteiger charge is 2.37. The molecule has 2 aliphatic carbocycles. The maximum Gasteiger partial charge on any atom is 0.0471 e. The fourth-order valence-corrected chi connectivity index (χ4v) is 4.02. The van der Waals surface area contributed by atoms with Gasteiger partial charge in [-0.3, -0.25) is 0 Å². The molecule has 1 unspecified atom stereocenters. The molecule has 0 amide bonds. The van der Waals surface area contributed by atoms with Gasteiger partial charge in [0.25, 0.3) is 0 Å². The van der Waals surface area contributed by atoms with Crippen molar-refractivity contribution in [2.24, 2.45) is 11.3 Å². The highest BCUT2D eigenvalue weighted by Crippen LogP contribution is 2.38. The molecule has 0 aromatic rings. The number of aliphatic hydroxyl groups is 1. The van der Waals surface area contributed by atoms with Crippen molar-refractivity contribution in [2.75, 3.05) is 32.8 Å². The minimum Gasteiger partial charge on any atom is -0.396 e. The lowest BCUT2D eigenvalue weighted by Crippen LogP contribution is -2.45. The molecule has 1 heterocycles. The summed E-state index contributed by atoms with van der Waals surface area (Å²) in [7, 11) is 0. The van der Waals surface area contributed by atoms with Gasteiger partial charge in [0, 0.05) is 32.3 Å². The highest BCUT2D eigenvalue weighted by atomic mass is 16.3. The van der Waals surface area contributed by atoms with Gasteiger partial charge in [-0.1, -0.05) is 19.3 Å². The van der Waals surface area contributed by atoms with Crippen LogP contribution in [0.3, 0.4) is 0 Å². The molecule has 0 aromatic carbocycles. The third-order valence-electron chi connectivity index (χ3n) is 5.44. The van der Waals surface area contributed by atoms with Crippen LogP contribution in [0.1, 0.15) is 51.4 Å². The monoisotopic (exact) mass is 266 g/mol. The van der Waals surface area contributed by atoms with E-state index >= 15 is 0 Å². The van der Waals surface area contributed by atoms with Gasteiger partial charge in [0.05, 0.1) is 0 Å². The van der Waals surface area contributed by atoms with Gasteiger partial charge in [-0.25, -0.2) is 0 Å². The predicted octanol–water partition coefficient (Wildman–Crippen LogP) is 2.00. The largest absolute Gasteiger partial charge is 0.396 e. The van der Waals surface area contributed by atoms with Gasteiger partial charge < -0.3 is 15.3 Å². The highest BCUT2D eigenvalue weighted by molar-refractivity contribution is 4.92. The molecular weight excluding hydrogens is 236 g/mol. The van der Waals surface area contributed by atoms with Crippen LogP contribution >= 0.6 is 0 Å². The normalized spacial score (nSPS) is 31.7. The summed E-state index contributed by atoms with van der Waals surface area (Å²) in [4.78, 5) is 2.63. The van der Waals surface area contributed by atoms with Crippen molar-refractivity contribution >= 4 is 0 Å². The third kappa shape index (κ3) is 3.71. The average molecular weight is 266 g/mol. The zero-order chi connectivity index (χ0) is 13.1. The topological polar surface area (TPSA) is 35.5 Å². The summed E-state index contributed by atoms with van der Waals surface area (Å²) in [6, 6.07) is 0.836. The molecule has 2 N–H and O–H groups in total. The van der Waals surface area contributed by atoms with Gasteiger partial charge in [0.1, 0.15) is 0 Å². The summed E-state index contributed by atoms with van der Waals surface area (Å²) in [5, 5.41) is 13.1. The van der Waals surface area contributed by atoms with Crippen molar-refractivity contribution in [1.29, 1.82) is 0 Å². The number of aliphatic hydroxyl groups excluding tert-OH is 1. The molecule has 0 radical (unpaired) electrons. The summed E-state index contributed by atoms with van der Waals surface area (Å²) in [6.07, 6.45) is 11.1. The number of nitrogens with zero attached hydrogens (tertiary/aromatic N) is 1. The summed E-state index contributed by atoms with van der Waals surface area (Å²) in [5.41, 5.74) is 0.533. The molecular formula is C16H30N2O. The molecule has 3 aliphatic rings. The summed E-state index contributed by atoms with van der Waals surface area (Å²) in [5.74, 6) is 0.539. The van der Waals surface area contributed by atoms with Crippen LogP contribution in [0, 0.1) is 11.3 Å². The molecule has 3 fully saturated rings. The lowest BCUT2D eigenvalue weighted by atomic mass is 9.73. The molecule has 1 saturated heterocycles. The van der Waals surface area contributed by atoms with E-state index in [2.05, 4.69) is 10.2 Å². The van der Waals surface area contributed by atoms with Gasteiger partial charge in [-0.15, -0.1) is 0 Å². The molecule has 1 atom stereocenters. The zero-order valence-corrected chi connectivity index (χ0v) is 12.2. The minimum atomic E-state index is 0.379. The first-order valence-electron chi connectivity index (χ1n) is 8.36. The van der Waals surface area contributed by atoms with E-state index in [1.54, 1.807) is 0 Å². The average Bonchev–Trinajstić information content (AvgIpc) is 3.17. The van der Waals surface area contributed by atoms with E-state index in [0.717, 1.165) is 12.6 Å². The Bertz CT molecular complexity index is 284. The van der Waals surface area contributed by atoms with E-state index in [0.29, 0.717) is 17.9 Å². The first-order chi connectivity index (χ1) is 9.30. The van der Waals surface area contributed by atoms with E-state index in [-0.39, 0.29) is 0 Å². The van der Waals surface area contributed by atoms with Gasteiger partial charge in [0.2, 0.25) is 0 Å². The van der Waals surface area contributed by atoms with Crippen molar-refractivity contribution in [2.45, 2.75) is 57.4 Å². The third-order valence-corrected chi connectivity index (χ3v) is 5.44. The van der Waals surface area contributed by atoms with E-state index in [9.17, 15) is 5.11 Å². The predicted molar refractivity (Wildman–Crippen MR) is 78.2 cm³/mol. The van der Waals surface area contributed by atoms with E-state index in [4.69, 9.17) is 0 Å². The summed E-state index contributed by atoms with van der Waals surface area (Å²) < 4.78 is 0. The smallest absolute Gasteiger partial charge is 0.0471 e. The van der Waals surface area contributed by atoms with Crippen LogP contribution in [-0.4, -0.2) is 48.8 Å². The molecule has 1 aliphatic heterocycles. The Morgan fingerprint density at radius 2 is 1.89 bits per heavy atom. The standard InChI is InChI=1S/C16H30N2O/c19-11-14-6-9-18(10-14)13-16(7-2-1-3-8-16)12-17-15-4-5-15/h14-15,17,19H,1-13H2. The molecule has 19 heavy (non-hydrogen) atoms. The quantitative estimate of drug-likeness (QED) is 0.772. The SMILES string of the molecule is OCC1CCN(CC2(CNC3CC3)CCCCC2)C1. The van der Waals surface area contributed by atoms with Crippen molar-refractivity contribution in [1.82, 2.24) is 10.2 Å². The number of hydrogen-bond donors (Lipinski definition) is 2. The van der Waals surface area contributed by atoms with E-state index < -0.39 is 0 Å². The second-order valence-electron chi connectivity index (χ2n) is 7.29. The van der Waals surface area contributed by atoms with Gasteiger partial charge >= 0.3 is 0 Å². The molecule has 0 aromatic heterocycles. The van der Waals surface area contributed by atoms with Gasteiger partial charge in [0.15, 0.2) is 0 Å². The number of rotatable bonds is 6. The number of nitrogens with one attached hydrogen (secondary N) is 1. The Balaban J connectivity index is 1.54. The fourth-order valence-electron chi connectivity index (χ4n) is 4.02. The van der Waals surface area contributed by atoms with Crippen LogP contribution < -0.4 is 5.32 Å². The Morgan fingerprint density at radius 3 is 2.53 bits per heavy atom. The van der Waals surface area contributed by atoms with Crippen LogP contribution in [0.25, 0.3) is 0 Å². The summed E-state index contributed by atoms with van der Waals surface area (Å²) >= 11 is 0. The maximum absolute atomic E-state index is 9.30. The molecule has 3 heteroatoms. The number of hydrogen-bond acceptors (Lipinski definition) is 3. The van der Waals surface area contributed by atoms with Gasteiger partial charge in [-0.05, 0) is 50.0 Å². The van der Waals surface area contributed by atoms with E-state index in [1.807, 2.05) is 0 Å². The second-order valence-corrected chi connectivity index (χ2v) is 7.29. The molecule has 3 nitrogen and oxygen atoms in total. The Labute approximate surface area is 117 Å². The lowest BCUT2D eigenvalue weighted by Gasteiger charge is -2.40. The molecule has 110 valence electrons. The van der Waals surface area contributed by atoms with Crippen molar-refractivity contribution < 1.29 is 5.11 Å². The molecule has 0 spiro atoms. The number of likely N-dealkylation sites (tertiary alicyclic amines) is 1. The summed E-state index contributed by atoms with van der Waals surface area (Å²) in [6.45, 7) is 5.21. The van der Waals surface area contributed by atoms with Crippen molar-refractivity contribution in [3.05, 3.63) is 0 Å². The van der Waals surface area contributed by atoms with Crippen LogP contribution in [0.5, 0.6) is 0 Å². The zero-order valence-electron chi connectivity index (χ0n) is 12.2. The first-order valence-corrected chi connectivity index (χ1v) is 8.36. The Morgan fingerprint density at radius 1 is 1.11 bits per heavy atom. The van der Waals surface area contributed by atoms with Gasteiger partial charge in [-0.2, -0.15) is 0 Å². The fraction of sp³-hybridized carbons (Fsp3) is 1.00. The van der Waals surface area contributed by atoms with Crippen LogP contribution in [-0.2, 0) is 0 Å². The van der Waals surface area contributed by atoms with Crippen LogP contribution in [0.4, 0.5) is 0 Å². The molecule has 3 rings (SSSR count). The van der Waals surface area contributed by atoms with Crippen LogP contribution in [0.2, 0.25) is 0 Å². The van der Waals surface area contributed by atoms with E-state index in [1.165, 1.54) is 71.0 Å².